The first-order valence-electron chi connectivity index (χ1n) is 8.53. The van der Waals surface area contributed by atoms with Crippen molar-refractivity contribution in [3.63, 3.8) is 0 Å². The second kappa shape index (κ2) is 12.5. The number of hydrogen-bond donors (Lipinski definition) is 1. The summed E-state index contributed by atoms with van der Waals surface area (Å²) < 4.78 is 24.1. The van der Waals surface area contributed by atoms with Crippen LogP contribution < -0.4 is 10.5 Å². The Morgan fingerprint density at radius 3 is 2.42 bits per heavy atom. The number of halogens is 1. The molecule has 0 saturated carbocycles. The molecule has 2 N–H and O–H groups in total. The summed E-state index contributed by atoms with van der Waals surface area (Å²) >= 11 is 0. The predicted molar refractivity (Wildman–Crippen MR) is 106 cm³/mol. The zero-order valence-electron chi connectivity index (χ0n) is 16.3. The molecular formula is C20H28FN3O2. The lowest BCUT2D eigenvalue weighted by Crippen LogP contribution is -2.00. The van der Waals surface area contributed by atoms with E-state index in [9.17, 15) is 4.39 Å². The maximum Gasteiger partial charge on any atom is 0.185 e. The molecule has 1 heterocycles. The fraction of sp³-hybridized carbons (Fsp3) is 0.300. The number of allylic oxidation sites excluding steroid dienone is 2. The van der Waals surface area contributed by atoms with Gasteiger partial charge in [0.05, 0.1) is 11.4 Å². The standard InChI is InChI=1S/C16H16FN3O2.2C2H6/c1-4-19-15(16-7-10(2)20-22-16)8-11(3)21-12-5-6-14(18)13(17)9-12;2*1-2/h4-9H,1,18H2,2-3H3;2*1-2H3/b11-8+,19-15?;;. The van der Waals surface area contributed by atoms with Gasteiger partial charge < -0.3 is 15.0 Å². The van der Waals surface area contributed by atoms with Crippen molar-refractivity contribution >= 4 is 11.4 Å². The highest BCUT2D eigenvalue weighted by Gasteiger charge is 2.09. The monoisotopic (exact) mass is 361 g/mol. The van der Waals surface area contributed by atoms with Gasteiger partial charge in [-0.15, -0.1) is 0 Å². The first-order chi connectivity index (χ1) is 12.5. The van der Waals surface area contributed by atoms with E-state index in [0.717, 1.165) is 5.69 Å². The third kappa shape index (κ3) is 7.34. The Labute approximate surface area is 155 Å². The normalized spacial score (nSPS) is 10.9. The van der Waals surface area contributed by atoms with Crippen LogP contribution in [0.25, 0.3) is 0 Å². The Morgan fingerprint density at radius 2 is 1.92 bits per heavy atom. The third-order valence-electron chi connectivity index (χ3n) is 2.70. The molecule has 1 aromatic carbocycles. The number of aryl methyl sites for hydroxylation is 1. The van der Waals surface area contributed by atoms with Crippen molar-refractivity contribution in [3.05, 3.63) is 66.2 Å². The van der Waals surface area contributed by atoms with E-state index in [0.29, 0.717) is 23.0 Å². The number of nitrogen functional groups attached to an aromatic ring is 1. The van der Waals surface area contributed by atoms with Crippen molar-refractivity contribution in [2.75, 3.05) is 5.73 Å². The number of anilines is 1. The van der Waals surface area contributed by atoms with Crippen LogP contribution >= 0.6 is 0 Å². The number of ether oxygens (including phenoxy) is 1. The molecule has 0 amide bonds. The van der Waals surface area contributed by atoms with Crippen molar-refractivity contribution in [1.82, 2.24) is 5.16 Å². The molecule has 0 aliphatic rings. The summed E-state index contributed by atoms with van der Waals surface area (Å²) in [6.45, 7) is 15.1. The van der Waals surface area contributed by atoms with E-state index in [1.807, 2.05) is 34.6 Å². The van der Waals surface area contributed by atoms with Crippen LogP contribution in [0.15, 0.2) is 58.4 Å². The van der Waals surface area contributed by atoms with E-state index < -0.39 is 5.82 Å². The largest absolute Gasteiger partial charge is 0.462 e. The number of rotatable bonds is 5. The van der Waals surface area contributed by atoms with Gasteiger partial charge in [-0.2, -0.15) is 0 Å². The molecule has 2 aromatic rings. The molecule has 142 valence electrons. The Morgan fingerprint density at radius 1 is 1.27 bits per heavy atom. The van der Waals surface area contributed by atoms with Gasteiger partial charge in [0.15, 0.2) is 5.76 Å². The second-order valence-corrected chi connectivity index (χ2v) is 4.57. The third-order valence-corrected chi connectivity index (χ3v) is 2.70. The Balaban J connectivity index is 0.00000146. The van der Waals surface area contributed by atoms with Crippen molar-refractivity contribution in [2.24, 2.45) is 4.99 Å². The van der Waals surface area contributed by atoms with Gasteiger partial charge in [0.2, 0.25) is 0 Å². The van der Waals surface area contributed by atoms with Gasteiger partial charge in [0.1, 0.15) is 23.0 Å². The zero-order chi connectivity index (χ0) is 20.1. The summed E-state index contributed by atoms with van der Waals surface area (Å²) in [4.78, 5) is 4.12. The molecule has 26 heavy (non-hydrogen) atoms. The molecule has 0 aliphatic heterocycles. The summed E-state index contributed by atoms with van der Waals surface area (Å²) in [5, 5.41) is 3.81. The van der Waals surface area contributed by atoms with Gasteiger partial charge in [-0.3, -0.25) is 4.99 Å². The Kier molecular flexibility index (Phi) is 11.1. The maximum absolute atomic E-state index is 13.4. The zero-order valence-corrected chi connectivity index (χ0v) is 16.3. The minimum Gasteiger partial charge on any atom is -0.462 e. The summed E-state index contributed by atoms with van der Waals surface area (Å²) in [6.07, 6.45) is 3.04. The second-order valence-electron chi connectivity index (χ2n) is 4.57. The molecule has 2 rings (SSSR count). The number of nitrogens with two attached hydrogens (primary N) is 1. The summed E-state index contributed by atoms with van der Waals surface area (Å²) in [5.74, 6) is 0.797. The average Bonchev–Trinajstić information content (AvgIpc) is 3.08. The molecule has 1 aromatic heterocycles. The van der Waals surface area contributed by atoms with Crippen LogP contribution in [0.1, 0.15) is 46.1 Å². The first-order valence-corrected chi connectivity index (χ1v) is 8.53. The molecule has 0 fully saturated rings. The number of benzene rings is 1. The number of hydrogen-bond acceptors (Lipinski definition) is 5. The van der Waals surface area contributed by atoms with E-state index in [1.54, 1.807) is 25.1 Å². The summed E-state index contributed by atoms with van der Waals surface area (Å²) in [6, 6.07) is 5.99. The molecule has 0 spiro atoms. The lowest BCUT2D eigenvalue weighted by atomic mass is 10.2. The highest BCUT2D eigenvalue weighted by molar-refractivity contribution is 6.07. The molecule has 0 unspecified atom stereocenters. The minimum atomic E-state index is -0.531. The molecule has 0 saturated heterocycles. The Hall–Kier alpha value is -2.89. The van der Waals surface area contributed by atoms with Crippen LogP contribution in [0.4, 0.5) is 10.1 Å². The summed E-state index contributed by atoms with van der Waals surface area (Å²) in [5.41, 5.74) is 6.73. The number of aliphatic imine (C=N–C) groups is 1. The minimum absolute atomic E-state index is 0.0695. The van der Waals surface area contributed by atoms with Gasteiger partial charge in [-0.1, -0.05) is 39.4 Å². The average molecular weight is 361 g/mol. The molecule has 0 radical (unpaired) electrons. The van der Waals surface area contributed by atoms with Crippen LogP contribution in [0.2, 0.25) is 0 Å². The van der Waals surface area contributed by atoms with Gasteiger partial charge in [0, 0.05) is 24.4 Å². The molecule has 0 bridgehead atoms. The topological polar surface area (TPSA) is 73.6 Å². The van der Waals surface area contributed by atoms with E-state index >= 15 is 0 Å². The molecule has 6 heteroatoms. The Bertz CT molecular complexity index is 749. The van der Waals surface area contributed by atoms with Crippen LogP contribution in [-0.2, 0) is 0 Å². The quantitative estimate of drug-likeness (QED) is 0.423. The molecule has 0 aliphatic carbocycles. The fourth-order valence-corrected chi connectivity index (χ4v) is 1.73. The van der Waals surface area contributed by atoms with Crippen LogP contribution in [0.5, 0.6) is 5.75 Å². The number of aromatic nitrogens is 1. The lowest BCUT2D eigenvalue weighted by molar-refractivity contribution is 0.407. The van der Waals surface area contributed by atoms with Crippen molar-refractivity contribution in [1.29, 1.82) is 0 Å². The van der Waals surface area contributed by atoms with Crippen LogP contribution in [0.3, 0.4) is 0 Å². The van der Waals surface area contributed by atoms with E-state index in [2.05, 4.69) is 16.7 Å². The summed E-state index contributed by atoms with van der Waals surface area (Å²) in [7, 11) is 0. The molecular weight excluding hydrogens is 333 g/mol. The van der Waals surface area contributed by atoms with Gasteiger partial charge >= 0.3 is 0 Å². The van der Waals surface area contributed by atoms with Crippen molar-refractivity contribution in [2.45, 2.75) is 41.5 Å². The van der Waals surface area contributed by atoms with Crippen molar-refractivity contribution < 1.29 is 13.7 Å². The maximum atomic E-state index is 13.4. The van der Waals surface area contributed by atoms with Crippen LogP contribution in [-0.4, -0.2) is 10.9 Å². The predicted octanol–water partition coefficient (Wildman–Crippen LogP) is 5.67. The van der Waals surface area contributed by atoms with Crippen LogP contribution in [0, 0.1) is 12.7 Å². The highest BCUT2D eigenvalue weighted by atomic mass is 19.1. The van der Waals surface area contributed by atoms with E-state index in [-0.39, 0.29) is 5.69 Å². The SMILES string of the molecule is C=CN=C(/C=C(\C)Oc1ccc(N)c(F)c1)c1cc(C)no1.CC.CC. The smallest absolute Gasteiger partial charge is 0.185 e. The first kappa shape index (κ1) is 23.1. The lowest BCUT2D eigenvalue weighted by Gasteiger charge is -2.07. The number of nitrogens with zero attached hydrogens (tertiary/aromatic N) is 2. The van der Waals surface area contributed by atoms with E-state index in [1.165, 1.54) is 18.3 Å². The van der Waals surface area contributed by atoms with Gasteiger partial charge in [0.25, 0.3) is 0 Å². The van der Waals surface area contributed by atoms with E-state index in [4.69, 9.17) is 15.0 Å². The van der Waals surface area contributed by atoms with Gasteiger partial charge in [-0.25, -0.2) is 4.39 Å². The van der Waals surface area contributed by atoms with Gasteiger partial charge in [-0.05, 0) is 26.0 Å². The molecule has 5 nitrogen and oxygen atoms in total. The highest BCUT2D eigenvalue weighted by Crippen LogP contribution is 2.20. The van der Waals surface area contributed by atoms with Crippen molar-refractivity contribution in [3.8, 4) is 5.75 Å². The fourth-order valence-electron chi connectivity index (χ4n) is 1.73. The molecule has 0 atom stereocenters.